The fourth-order valence-electron chi connectivity index (χ4n) is 3.29. The largest absolute Gasteiger partial charge is 0.486 e. The minimum Gasteiger partial charge on any atom is -0.486 e. The van der Waals surface area contributed by atoms with Crippen molar-refractivity contribution in [3.05, 3.63) is 58.9 Å². The van der Waals surface area contributed by atoms with Crippen molar-refractivity contribution in [1.29, 1.82) is 0 Å². The summed E-state index contributed by atoms with van der Waals surface area (Å²) in [6.45, 7) is 1.12. The Labute approximate surface area is 122 Å². The number of nitrogens with two attached hydrogens (primary N) is 1. The summed E-state index contributed by atoms with van der Waals surface area (Å²) >= 11 is 0. The third-order valence-corrected chi connectivity index (χ3v) is 4.39. The Bertz CT molecular complexity index is 716. The first-order valence-electron chi connectivity index (χ1n) is 7.15. The maximum Gasteiger partial charge on any atom is 0.161 e. The Morgan fingerprint density at radius 2 is 1.81 bits per heavy atom. The van der Waals surface area contributed by atoms with Crippen LogP contribution in [-0.2, 0) is 12.0 Å². The molecule has 2 aliphatic rings. The number of halogens is 1. The molecule has 2 aromatic rings. The van der Waals surface area contributed by atoms with Gasteiger partial charge in [-0.1, -0.05) is 12.1 Å². The summed E-state index contributed by atoms with van der Waals surface area (Å²) in [7, 11) is 0. The fourth-order valence-corrected chi connectivity index (χ4v) is 3.29. The van der Waals surface area contributed by atoms with Crippen LogP contribution in [-0.4, -0.2) is 13.2 Å². The van der Waals surface area contributed by atoms with Crippen LogP contribution in [0.4, 0.5) is 4.39 Å². The van der Waals surface area contributed by atoms with E-state index in [1.54, 1.807) is 12.1 Å². The van der Waals surface area contributed by atoms with Gasteiger partial charge in [0, 0.05) is 0 Å². The van der Waals surface area contributed by atoms with Crippen LogP contribution in [0, 0.1) is 5.82 Å². The molecular formula is C17H16FNO2. The van der Waals surface area contributed by atoms with E-state index in [0.717, 1.165) is 41.0 Å². The first-order valence-corrected chi connectivity index (χ1v) is 7.15. The standard InChI is InChI=1S/C17H16FNO2/c18-13-2-3-14-11(9-13)5-6-17(14,19)12-1-4-15-16(10-12)21-8-7-20-15/h1-4,9-10H,5-8,19H2. The van der Waals surface area contributed by atoms with Crippen LogP contribution in [0.25, 0.3) is 0 Å². The van der Waals surface area contributed by atoms with Crippen molar-refractivity contribution in [1.82, 2.24) is 0 Å². The van der Waals surface area contributed by atoms with Gasteiger partial charge in [-0.15, -0.1) is 0 Å². The average Bonchev–Trinajstić information content (AvgIpc) is 2.84. The maximum absolute atomic E-state index is 13.4. The molecule has 0 saturated heterocycles. The number of ether oxygens (including phenoxy) is 2. The molecule has 1 unspecified atom stereocenters. The van der Waals surface area contributed by atoms with E-state index in [2.05, 4.69) is 0 Å². The predicted octanol–water partition coefficient (Wildman–Crippen LogP) is 2.75. The highest BCUT2D eigenvalue weighted by Crippen LogP contribution is 2.43. The number of rotatable bonds is 1. The highest BCUT2D eigenvalue weighted by molar-refractivity contribution is 5.52. The summed E-state index contributed by atoms with van der Waals surface area (Å²) in [4.78, 5) is 0. The minimum absolute atomic E-state index is 0.208. The zero-order valence-electron chi connectivity index (χ0n) is 11.6. The Balaban J connectivity index is 1.80. The number of hydrogen-bond donors (Lipinski definition) is 1. The number of hydrogen-bond acceptors (Lipinski definition) is 3. The molecule has 1 heterocycles. The molecule has 0 fully saturated rings. The molecule has 0 spiro atoms. The van der Waals surface area contributed by atoms with Crippen molar-refractivity contribution in [2.24, 2.45) is 5.73 Å². The van der Waals surface area contributed by atoms with Crippen molar-refractivity contribution in [3.63, 3.8) is 0 Å². The topological polar surface area (TPSA) is 44.5 Å². The van der Waals surface area contributed by atoms with E-state index >= 15 is 0 Å². The summed E-state index contributed by atoms with van der Waals surface area (Å²) < 4.78 is 24.5. The lowest BCUT2D eigenvalue weighted by molar-refractivity contribution is 0.171. The zero-order valence-corrected chi connectivity index (χ0v) is 11.6. The molecule has 1 atom stereocenters. The molecule has 0 bridgehead atoms. The van der Waals surface area contributed by atoms with Crippen LogP contribution in [0.3, 0.4) is 0 Å². The molecule has 0 amide bonds. The second kappa shape index (κ2) is 4.46. The Morgan fingerprint density at radius 1 is 1.00 bits per heavy atom. The second-order valence-corrected chi connectivity index (χ2v) is 5.63. The summed E-state index contributed by atoms with van der Waals surface area (Å²) in [6.07, 6.45) is 1.56. The minimum atomic E-state index is -0.584. The average molecular weight is 285 g/mol. The lowest BCUT2D eigenvalue weighted by Gasteiger charge is -2.28. The van der Waals surface area contributed by atoms with E-state index in [1.807, 2.05) is 18.2 Å². The van der Waals surface area contributed by atoms with E-state index < -0.39 is 5.54 Å². The zero-order chi connectivity index (χ0) is 14.4. The molecule has 21 heavy (non-hydrogen) atoms. The summed E-state index contributed by atoms with van der Waals surface area (Å²) in [5.74, 6) is 1.28. The summed E-state index contributed by atoms with van der Waals surface area (Å²) in [5, 5.41) is 0. The molecule has 108 valence electrons. The van der Waals surface area contributed by atoms with Gasteiger partial charge in [-0.05, 0) is 53.8 Å². The summed E-state index contributed by atoms with van der Waals surface area (Å²) in [5.41, 5.74) is 9.05. The molecular weight excluding hydrogens is 269 g/mol. The van der Waals surface area contributed by atoms with Crippen LogP contribution in [0.2, 0.25) is 0 Å². The van der Waals surface area contributed by atoms with Gasteiger partial charge < -0.3 is 15.2 Å². The first kappa shape index (κ1) is 12.7. The molecule has 3 nitrogen and oxygen atoms in total. The molecule has 4 heteroatoms. The van der Waals surface area contributed by atoms with E-state index in [0.29, 0.717) is 13.2 Å². The first-order chi connectivity index (χ1) is 10.2. The van der Waals surface area contributed by atoms with E-state index in [9.17, 15) is 4.39 Å². The Morgan fingerprint density at radius 3 is 2.67 bits per heavy atom. The molecule has 2 aromatic carbocycles. The SMILES string of the molecule is NC1(c2ccc3c(c2)OCCO3)CCc2cc(F)ccc21. The van der Waals surface area contributed by atoms with E-state index in [-0.39, 0.29) is 5.82 Å². The van der Waals surface area contributed by atoms with Gasteiger partial charge in [-0.3, -0.25) is 0 Å². The van der Waals surface area contributed by atoms with Crippen LogP contribution < -0.4 is 15.2 Å². The van der Waals surface area contributed by atoms with Crippen molar-refractivity contribution >= 4 is 0 Å². The van der Waals surface area contributed by atoms with Crippen molar-refractivity contribution in [2.75, 3.05) is 13.2 Å². The lowest BCUT2D eigenvalue weighted by atomic mass is 9.85. The quantitative estimate of drug-likeness (QED) is 0.876. The van der Waals surface area contributed by atoms with Gasteiger partial charge in [-0.2, -0.15) is 0 Å². The van der Waals surface area contributed by atoms with Crippen molar-refractivity contribution < 1.29 is 13.9 Å². The molecule has 1 aliphatic heterocycles. The monoisotopic (exact) mass is 285 g/mol. The third kappa shape index (κ3) is 1.90. The smallest absolute Gasteiger partial charge is 0.161 e. The van der Waals surface area contributed by atoms with Crippen molar-refractivity contribution in [3.8, 4) is 11.5 Å². The van der Waals surface area contributed by atoms with Gasteiger partial charge in [0.25, 0.3) is 0 Å². The Hall–Kier alpha value is -2.07. The van der Waals surface area contributed by atoms with Gasteiger partial charge in [0.05, 0.1) is 5.54 Å². The van der Waals surface area contributed by atoms with Crippen LogP contribution in [0.15, 0.2) is 36.4 Å². The number of aryl methyl sites for hydroxylation is 1. The highest BCUT2D eigenvalue weighted by Gasteiger charge is 2.37. The van der Waals surface area contributed by atoms with Gasteiger partial charge in [0.2, 0.25) is 0 Å². The normalized spacial score (nSPS) is 23.0. The van der Waals surface area contributed by atoms with Gasteiger partial charge in [-0.25, -0.2) is 4.39 Å². The molecule has 2 N–H and O–H groups in total. The second-order valence-electron chi connectivity index (χ2n) is 5.63. The predicted molar refractivity (Wildman–Crippen MR) is 77.1 cm³/mol. The molecule has 0 aromatic heterocycles. The van der Waals surface area contributed by atoms with Crippen LogP contribution in [0.5, 0.6) is 11.5 Å². The number of benzene rings is 2. The Kier molecular flexibility index (Phi) is 2.69. The van der Waals surface area contributed by atoms with Gasteiger partial charge in [0.1, 0.15) is 19.0 Å². The highest BCUT2D eigenvalue weighted by atomic mass is 19.1. The molecule has 1 aliphatic carbocycles. The van der Waals surface area contributed by atoms with Crippen molar-refractivity contribution in [2.45, 2.75) is 18.4 Å². The van der Waals surface area contributed by atoms with E-state index in [4.69, 9.17) is 15.2 Å². The molecule has 4 rings (SSSR count). The van der Waals surface area contributed by atoms with Crippen LogP contribution in [0.1, 0.15) is 23.1 Å². The number of fused-ring (bicyclic) bond motifs is 2. The van der Waals surface area contributed by atoms with Gasteiger partial charge >= 0.3 is 0 Å². The summed E-state index contributed by atoms with van der Waals surface area (Å²) in [6, 6.07) is 10.7. The van der Waals surface area contributed by atoms with Gasteiger partial charge in [0.15, 0.2) is 11.5 Å². The molecule has 0 saturated carbocycles. The van der Waals surface area contributed by atoms with E-state index in [1.165, 1.54) is 6.07 Å². The lowest BCUT2D eigenvalue weighted by Crippen LogP contribution is -2.35. The molecule has 0 radical (unpaired) electrons. The maximum atomic E-state index is 13.4. The van der Waals surface area contributed by atoms with Crippen LogP contribution >= 0.6 is 0 Å². The third-order valence-electron chi connectivity index (χ3n) is 4.39. The fraction of sp³-hybridized carbons (Fsp3) is 0.294.